The van der Waals surface area contributed by atoms with Crippen molar-refractivity contribution in [3.05, 3.63) is 47.1 Å². The molecule has 0 fully saturated rings. The van der Waals surface area contributed by atoms with Crippen LogP contribution in [-0.2, 0) is 10.0 Å². The first-order chi connectivity index (χ1) is 13.2. The van der Waals surface area contributed by atoms with Crippen LogP contribution in [-0.4, -0.2) is 42.8 Å². The zero-order valence-corrected chi connectivity index (χ0v) is 17.8. The molecule has 1 aromatic heterocycles. The molecule has 2 rings (SSSR count). The molecule has 1 amide bonds. The first kappa shape index (κ1) is 22.1. The summed E-state index contributed by atoms with van der Waals surface area (Å²) in [5, 5.41) is 2.77. The molecule has 0 atom stereocenters. The predicted octanol–water partition coefficient (Wildman–Crippen LogP) is 3.81. The van der Waals surface area contributed by atoms with E-state index in [1.165, 1.54) is 22.6 Å². The fraction of sp³-hybridized carbons (Fsp3) is 0.368. The second-order valence-electron chi connectivity index (χ2n) is 6.24. The van der Waals surface area contributed by atoms with Crippen molar-refractivity contribution >= 4 is 33.2 Å². The standard InChI is InChI=1S/C19H24ClN3O4S/c1-5-23(6-2)28(25,26)17-11-15(8-9-16(17)20)22-19(24)14-7-10-18(21-12-14)27-13(3)4/h7-13H,5-6H2,1-4H3,(H,22,24). The Morgan fingerprint density at radius 2 is 1.89 bits per heavy atom. The Labute approximate surface area is 170 Å². The smallest absolute Gasteiger partial charge is 0.257 e. The predicted molar refractivity (Wildman–Crippen MR) is 110 cm³/mol. The molecule has 0 bridgehead atoms. The lowest BCUT2D eigenvalue weighted by molar-refractivity contribution is 0.102. The molecule has 0 aliphatic rings. The molecule has 0 radical (unpaired) electrons. The van der Waals surface area contributed by atoms with Gasteiger partial charge in [0.15, 0.2) is 0 Å². The van der Waals surface area contributed by atoms with Crippen LogP contribution in [0.2, 0.25) is 5.02 Å². The summed E-state index contributed by atoms with van der Waals surface area (Å²) in [6.45, 7) is 7.91. The molecule has 1 aromatic carbocycles. The molecule has 9 heteroatoms. The van der Waals surface area contributed by atoms with Gasteiger partial charge in [0.1, 0.15) is 4.90 Å². The van der Waals surface area contributed by atoms with Gasteiger partial charge >= 0.3 is 0 Å². The topological polar surface area (TPSA) is 88.6 Å². The minimum Gasteiger partial charge on any atom is -0.475 e. The van der Waals surface area contributed by atoms with Crippen molar-refractivity contribution < 1.29 is 17.9 Å². The summed E-state index contributed by atoms with van der Waals surface area (Å²) in [4.78, 5) is 16.5. The number of ether oxygens (including phenoxy) is 1. The average molecular weight is 426 g/mol. The second-order valence-corrected chi connectivity index (χ2v) is 8.55. The number of rotatable bonds is 8. The van der Waals surface area contributed by atoms with Crippen molar-refractivity contribution in [3.63, 3.8) is 0 Å². The van der Waals surface area contributed by atoms with Gasteiger partial charge in [0.2, 0.25) is 15.9 Å². The molecule has 0 aliphatic carbocycles. The molecule has 0 spiro atoms. The van der Waals surface area contributed by atoms with Gasteiger partial charge in [0, 0.05) is 31.0 Å². The van der Waals surface area contributed by atoms with Crippen LogP contribution in [0.3, 0.4) is 0 Å². The monoisotopic (exact) mass is 425 g/mol. The highest BCUT2D eigenvalue weighted by atomic mass is 35.5. The van der Waals surface area contributed by atoms with Gasteiger partial charge in [-0.2, -0.15) is 4.31 Å². The highest BCUT2D eigenvalue weighted by Gasteiger charge is 2.25. The Hall–Kier alpha value is -2.16. The molecule has 1 N–H and O–H groups in total. The van der Waals surface area contributed by atoms with Crippen molar-refractivity contribution in [1.29, 1.82) is 0 Å². The van der Waals surface area contributed by atoms with Crippen LogP contribution in [0.1, 0.15) is 38.1 Å². The van der Waals surface area contributed by atoms with Crippen LogP contribution in [0.15, 0.2) is 41.4 Å². The van der Waals surface area contributed by atoms with Crippen molar-refractivity contribution in [2.45, 2.75) is 38.7 Å². The van der Waals surface area contributed by atoms with E-state index in [2.05, 4.69) is 10.3 Å². The Balaban J connectivity index is 2.24. The van der Waals surface area contributed by atoms with E-state index < -0.39 is 15.9 Å². The number of aromatic nitrogens is 1. The maximum Gasteiger partial charge on any atom is 0.257 e. The number of hydrogen-bond acceptors (Lipinski definition) is 5. The molecule has 0 unspecified atom stereocenters. The summed E-state index contributed by atoms with van der Waals surface area (Å²) in [6.07, 6.45) is 1.38. The van der Waals surface area contributed by atoms with Crippen molar-refractivity contribution in [3.8, 4) is 5.88 Å². The number of amides is 1. The van der Waals surface area contributed by atoms with E-state index in [1.807, 2.05) is 13.8 Å². The third-order valence-corrected chi connectivity index (χ3v) is 6.40. The van der Waals surface area contributed by atoms with E-state index in [9.17, 15) is 13.2 Å². The van der Waals surface area contributed by atoms with Gasteiger partial charge in [-0.15, -0.1) is 0 Å². The number of hydrogen-bond donors (Lipinski definition) is 1. The van der Waals surface area contributed by atoms with Gasteiger partial charge < -0.3 is 10.1 Å². The SMILES string of the molecule is CCN(CC)S(=O)(=O)c1cc(NC(=O)c2ccc(OC(C)C)nc2)ccc1Cl. The number of anilines is 1. The van der Waals surface area contributed by atoms with Crippen molar-refractivity contribution in [2.24, 2.45) is 0 Å². The Bertz CT molecular complexity index is 927. The number of sulfonamides is 1. The fourth-order valence-electron chi connectivity index (χ4n) is 2.51. The summed E-state index contributed by atoms with van der Waals surface area (Å²) in [5.41, 5.74) is 0.641. The molecular formula is C19H24ClN3O4S. The summed E-state index contributed by atoms with van der Waals surface area (Å²) in [7, 11) is -3.75. The lowest BCUT2D eigenvalue weighted by Gasteiger charge is -2.19. The largest absolute Gasteiger partial charge is 0.475 e. The van der Waals surface area contributed by atoms with Gasteiger partial charge in [0.25, 0.3) is 5.91 Å². The summed E-state index contributed by atoms with van der Waals surface area (Å²) < 4.78 is 32.3. The number of nitrogens with zero attached hydrogens (tertiary/aromatic N) is 2. The zero-order chi connectivity index (χ0) is 20.9. The highest BCUT2D eigenvalue weighted by molar-refractivity contribution is 7.89. The van der Waals surface area contributed by atoms with Gasteiger partial charge in [-0.25, -0.2) is 13.4 Å². The van der Waals surface area contributed by atoms with Gasteiger partial charge in [-0.05, 0) is 38.1 Å². The molecule has 7 nitrogen and oxygen atoms in total. The maximum atomic E-state index is 12.8. The number of pyridine rings is 1. The number of carbonyl (C=O) groups excluding carboxylic acids is 1. The minimum atomic E-state index is -3.75. The van der Waals surface area contributed by atoms with E-state index in [-0.39, 0.29) is 16.0 Å². The molecule has 2 aromatic rings. The van der Waals surface area contributed by atoms with E-state index in [0.29, 0.717) is 30.2 Å². The molecule has 0 saturated heterocycles. The third kappa shape index (κ3) is 5.21. The molecule has 152 valence electrons. The van der Waals surface area contributed by atoms with Crippen LogP contribution < -0.4 is 10.1 Å². The number of carbonyl (C=O) groups is 1. The quantitative estimate of drug-likeness (QED) is 0.694. The average Bonchev–Trinajstić information content (AvgIpc) is 2.64. The van der Waals surface area contributed by atoms with E-state index in [4.69, 9.17) is 16.3 Å². The Morgan fingerprint density at radius 3 is 2.43 bits per heavy atom. The van der Waals surface area contributed by atoms with Crippen LogP contribution in [0, 0.1) is 0 Å². The van der Waals surface area contributed by atoms with Gasteiger partial charge in [-0.1, -0.05) is 25.4 Å². The lowest BCUT2D eigenvalue weighted by Crippen LogP contribution is -2.30. The maximum absolute atomic E-state index is 12.8. The van der Waals surface area contributed by atoms with Gasteiger partial charge in [-0.3, -0.25) is 4.79 Å². The number of halogens is 1. The van der Waals surface area contributed by atoms with Crippen LogP contribution in [0.25, 0.3) is 0 Å². The number of nitrogens with one attached hydrogen (secondary N) is 1. The summed E-state index contributed by atoms with van der Waals surface area (Å²) >= 11 is 6.11. The van der Waals surface area contributed by atoms with Crippen molar-refractivity contribution in [2.75, 3.05) is 18.4 Å². The molecule has 28 heavy (non-hydrogen) atoms. The second kappa shape index (κ2) is 9.36. The van der Waals surface area contributed by atoms with Crippen LogP contribution in [0.4, 0.5) is 5.69 Å². The van der Waals surface area contributed by atoms with Crippen LogP contribution in [0.5, 0.6) is 5.88 Å². The molecule has 0 aliphatic heterocycles. The first-order valence-corrected chi connectivity index (χ1v) is 10.7. The van der Waals surface area contributed by atoms with E-state index in [0.717, 1.165) is 0 Å². The molecule has 1 heterocycles. The lowest BCUT2D eigenvalue weighted by atomic mass is 10.2. The summed E-state index contributed by atoms with van der Waals surface area (Å²) in [5.74, 6) is 0.00255. The van der Waals surface area contributed by atoms with Crippen LogP contribution >= 0.6 is 11.6 Å². The Kier molecular flexibility index (Phi) is 7.40. The minimum absolute atomic E-state index is 0.0209. The first-order valence-electron chi connectivity index (χ1n) is 8.92. The van der Waals surface area contributed by atoms with Gasteiger partial charge in [0.05, 0.1) is 16.7 Å². The molecule has 0 saturated carbocycles. The normalized spacial score (nSPS) is 11.7. The fourth-order valence-corrected chi connectivity index (χ4v) is 4.47. The van der Waals surface area contributed by atoms with E-state index >= 15 is 0 Å². The summed E-state index contributed by atoms with van der Waals surface area (Å²) in [6, 6.07) is 7.55. The van der Waals surface area contributed by atoms with E-state index in [1.54, 1.807) is 32.0 Å². The number of benzene rings is 1. The van der Waals surface area contributed by atoms with Crippen molar-refractivity contribution in [1.82, 2.24) is 9.29 Å². The molecular weight excluding hydrogens is 402 g/mol. The third-order valence-electron chi connectivity index (χ3n) is 3.87. The Morgan fingerprint density at radius 1 is 1.21 bits per heavy atom. The highest BCUT2D eigenvalue weighted by Crippen LogP contribution is 2.28. The zero-order valence-electron chi connectivity index (χ0n) is 16.3.